The molecule has 0 saturated heterocycles. The van der Waals surface area contributed by atoms with E-state index in [2.05, 4.69) is 10.1 Å². The van der Waals surface area contributed by atoms with Gasteiger partial charge in [0.1, 0.15) is 0 Å². The molecule has 0 radical (unpaired) electrons. The van der Waals surface area contributed by atoms with Gasteiger partial charge in [-0.3, -0.25) is 4.79 Å². The first-order valence-electron chi connectivity index (χ1n) is 16.2. The lowest BCUT2D eigenvalue weighted by Crippen LogP contribution is -2.53. The summed E-state index contributed by atoms with van der Waals surface area (Å²) in [4.78, 5) is 41.2. The molecule has 7 aliphatic carbocycles. The van der Waals surface area contributed by atoms with Crippen LogP contribution in [0.1, 0.15) is 127 Å². The summed E-state index contributed by atoms with van der Waals surface area (Å²) >= 11 is 0. The van der Waals surface area contributed by atoms with Gasteiger partial charge in [0.05, 0.1) is 5.69 Å². The standard InChI is InChI=1S/C32H41F3N6O4/c1-27(2,32(33,34)35)44-26(43)41(25-37-18-5-21(38-25)29-12-15-30(16-13-29,17-14-29)23(36)42)19-28-6-9-31(10-7-28,11-8-28)24-39-22(40-45-24)20-3-4-20/h5,18,20H,3-4,6-17,19H2,1-2H3,(H2,36,42). The van der Waals surface area contributed by atoms with Crippen LogP contribution in [0.5, 0.6) is 0 Å². The number of alkyl halides is 3. The van der Waals surface area contributed by atoms with Gasteiger partial charge < -0.3 is 15.0 Å². The van der Waals surface area contributed by atoms with Crippen LogP contribution in [0.3, 0.4) is 0 Å². The van der Waals surface area contributed by atoms with Crippen LogP contribution in [-0.4, -0.2) is 50.4 Å². The van der Waals surface area contributed by atoms with E-state index in [1.165, 1.54) is 4.90 Å². The lowest BCUT2D eigenvalue weighted by atomic mass is 9.52. The Morgan fingerprint density at radius 2 is 1.56 bits per heavy atom. The third-order valence-corrected chi connectivity index (χ3v) is 12.2. The van der Waals surface area contributed by atoms with Crippen molar-refractivity contribution in [2.24, 2.45) is 16.6 Å². The number of rotatable bonds is 8. The number of amides is 2. The molecule has 0 spiro atoms. The van der Waals surface area contributed by atoms with Gasteiger partial charge in [-0.05, 0) is 115 Å². The van der Waals surface area contributed by atoms with Crippen LogP contribution in [0.15, 0.2) is 16.8 Å². The number of nitrogens with zero attached hydrogens (tertiary/aromatic N) is 5. The lowest BCUT2D eigenvalue weighted by Gasteiger charge is -2.53. The van der Waals surface area contributed by atoms with Crippen molar-refractivity contribution in [3.8, 4) is 0 Å². The summed E-state index contributed by atoms with van der Waals surface area (Å²) in [6, 6.07) is 1.82. The first-order chi connectivity index (χ1) is 21.2. The summed E-state index contributed by atoms with van der Waals surface area (Å²) in [6.07, 6.45) is 6.68. The van der Waals surface area contributed by atoms with Crippen molar-refractivity contribution >= 4 is 17.9 Å². The predicted molar refractivity (Wildman–Crippen MR) is 155 cm³/mol. The molecule has 244 valence electrons. The van der Waals surface area contributed by atoms with Gasteiger partial charge in [0.15, 0.2) is 5.82 Å². The van der Waals surface area contributed by atoms with Crippen molar-refractivity contribution < 1.29 is 32.0 Å². The van der Waals surface area contributed by atoms with E-state index in [0.29, 0.717) is 31.1 Å². The van der Waals surface area contributed by atoms with Gasteiger partial charge in [0.2, 0.25) is 23.3 Å². The highest BCUT2D eigenvalue weighted by atomic mass is 19.4. The normalized spacial score (nSPS) is 32.8. The Kier molecular flexibility index (Phi) is 6.84. The average Bonchev–Trinajstić information content (AvgIpc) is 3.76. The Balaban J connectivity index is 1.15. The number of aromatic nitrogens is 4. The second-order valence-corrected chi connectivity index (χ2v) is 15.1. The molecular weight excluding hydrogens is 589 g/mol. The highest BCUT2D eigenvalue weighted by molar-refractivity contribution is 5.86. The number of nitrogens with two attached hydrogens (primary N) is 1. The van der Waals surface area contributed by atoms with E-state index in [9.17, 15) is 22.8 Å². The van der Waals surface area contributed by atoms with Gasteiger partial charge in [-0.1, -0.05) is 5.16 Å². The van der Waals surface area contributed by atoms with Gasteiger partial charge in [-0.2, -0.15) is 18.2 Å². The van der Waals surface area contributed by atoms with Crippen molar-refractivity contribution in [3.63, 3.8) is 0 Å². The molecule has 2 aromatic heterocycles. The van der Waals surface area contributed by atoms with Crippen molar-refractivity contribution in [1.29, 1.82) is 0 Å². The number of fused-ring (bicyclic) bond motifs is 6. The largest absolute Gasteiger partial charge is 0.433 e. The molecule has 2 N–H and O–H groups in total. The maximum absolute atomic E-state index is 13.8. The van der Waals surface area contributed by atoms with Gasteiger partial charge in [-0.25, -0.2) is 19.7 Å². The van der Waals surface area contributed by atoms with Gasteiger partial charge in [-0.15, -0.1) is 0 Å². The molecule has 0 unspecified atom stereocenters. The zero-order valence-electron chi connectivity index (χ0n) is 25.9. The molecule has 7 fully saturated rings. The highest BCUT2D eigenvalue weighted by Gasteiger charge is 2.56. The van der Waals surface area contributed by atoms with Crippen molar-refractivity contribution in [2.45, 2.75) is 132 Å². The third-order valence-electron chi connectivity index (χ3n) is 12.2. The van der Waals surface area contributed by atoms with E-state index in [1.807, 2.05) is 6.07 Å². The maximum atomic E-state index is 13.8. The second kappa shape index (κ2) is 10.1. The zero-order chi connectivity index (χ0) is 31.9. The Hall–Kier alpha value is -3.25. The summed E-state index contributed by atoms with van der Waals surface area (Å²) in [7, 11) is 0. The number of carbonyl (C=O) groups is 2. The molecule has 2 amide bonds. The Bertz CT molecular complexity index is 1450. The minimum absolute atomic E-state index is 0.0462. The van der Waals surface area contributed by atoms with Gasteiger partial charge in [0, 0.05) is 34.9 Å². The first kappa shape index (κ1) is 30.4. The molecule has 13 heteroatoms. The van der Waals surface area contributed by atoms with E-state index in [-0.39, 0.29) is 34.6 Å². The molecule has 7 saturated carbocycles. The van der Waals surface area contributed by atoms with Crippen molar-refractivity contribution in [2.75, 3.05) is 11.4 Å². The maximum Gasteiger partial charge on any atom is 0.427 e. The Labute approximate surface area is 260 Å². The molecule has 7 aliphatic rings. The summed E-state index contributed by atoms with van der Waals surface area (Å²) in [5, 5.41) is 4.23. The van der Waals surface area contributed by atoms with Crippen LogP contribution in [0, 0.1) is 10.8 Å². The van der Waals surface area contributed by atoms with Crippen LogP contribution in [0.2, 0.25) is 0 Å². The SMILES string of the molecule is CC(C)(OC(=O)N(CC12CCC(c3nc(C4CC4)no3)(CC1)CC2)c1nccc(C23CCC(C(N)=O)(CC2)CC3)n1)C(F)(F)F. The quantitative estimate of drug-likeness (QED) is 0.354. The Morgan fingerprint density at radius 1 is 0.956 bits per heavy atom. The second-order valence-electron chi connectivity index (χ2n) is 15.1. The molecule has 4 bridgehead atoms. The third kappa shape index (κ3) is 5.08. The number of hydrogen-bond acceptors (Lipinski definition) is 8. The van der Waals surface area contributed by atoms with Crippen LogP contribution in [0.25, 0.3) is 0 Å². The van der Waals surface area contributed by atoms with Crippen LogP contribution < -0.4 is 10.6 Å². The number of carbonyl (C=O) groups excluding carboxylic acids is 2. The molecule has 2 heterocycles. The van der Waals surface area contributed by atoms with Crippen LogP contribution >= 0.6 is 0 Å². The van der Waals surface area contributed by atoms with Crippen molar-refractivity contribution in [1.82, 2.24) is 20.1 Å². The van der Waals surface area contributed by atoms with Gasteiger partial charge in [0.25, 0.3) is 0 Å². The minimum atomic E-state index is -4.76. The topological polar surface area (TPSA) is 137 Å². The van der Waals surface area contributed by atoms with Crippen LogP contribution in [-0.2, 0) is 20.4 Å². The molecular formula is C32H41F3N6O4. The first-order valence-corrected chi connectivity index (χ1v) is 16.2. The predicted octanol–water partition coefficient (Wildman–Crippen LogP) is 6.39. The summed E-state index contributed by atoms with van der Waals surface area (Å²) < 4.78 is 52.4. The molecule has 2 aromatic rings. The Morgan fingerprint density at radius 3 is 2.11 bits per heavy atom. The minimum Gasteiger partial charge on any atom is -0.433 e. The van der Waals surface area contributed by atoms with E-state index in [0.717, 1.165) is 96.0 Å². The summed E-state index contributed by atoms with van der Waals surface area (Å²) in [5.74, 6) is 1.66. The number of ether oxygens (including phenoxy) is 1. The summed E-state index contributed by atoms with van der Waals surface area (Å²) in [5.41, 5.74) is 2.48. The molecule has 9 rings (SSSR count). The monoisotopic (exact) mass is 630 g/mol. The van der Waals surface area contributed by atoms with E-state index in [1.54, 1.807) is 6.20 Å². The van der Waals surface area contributed by atoms with E-state index >= 15 is 0 Å². The average molecular weight is 631 g/mol. The van der Waals surface area contributed by atoms with Crippen molar-refractivity contribution in [3.05, 3.63) is 29.7 Å². The lowest BCUT2D eigenvalue weighted by molar-refractivity contribution is -0.243. The fourth-order valence-electron chi connectivity index (χ4n) is 8.38. The van der Waals surface area contributed by atoms with Gasteiger partial charge >= 0.3 is 12.3 Å². The molecule has 45 heavy (non-hydrogen) atoms. The van der Waals surface area contributed by atoms with Crippen LogP contribution in [0.4, 0.5) is 23.9 Å². The number of hydrogen-bond donors (Lipinski definition) is 1. The highest BCUT2D eigenvalue weighted by Crippen LogP contribution is 2.59. The molecule has 0 atom stereocenters. The number of primary amides is 1. The van der Waals surface area contributed by atoms with E-state index in [4.69, 9.17) is 25.0 Å². The number of halogens is 3. The fourth-order valence-corrected chi connectivity index (χ4v) is 8.38. The smallest absolute Gasteiger partial charge is 0.427 e. The summed E-state index contributed by atoms with van der Waals surface area (Å²) in [6.45, 7) is 1.85. The molecule has 0 aliphatic heterocycles. The fraction of sp³-hybridized carbons (Fsp3) is 0.750. The van der Waals surface area contributed by atoms with E-state index < -0.39 is 23.3 Å². The zero-order valence-corrected chi connectivity index (χ0v) is 25.9. The molecule has 10 nitrogen and oxygen atoms in total. The molecule has 0 aromatic carbocycles. The number of anilines is 1.